The van der Waals surface area contributed by atoms with E-state index in [4.69, 9.17) is 18.0 Å². The van der Waals surface area contributed by atoms with Crippen molar-refractivity contribution >= 4 is 40.6 Å². The predicted octanol–water partition coefficient (Wildman–Crippen LogP) is 0.942. The normalized spacial score (nSPS) is 37.3. The average Bonchev–Trinajstić information content (AvgIpc) is 2.34. The minimum atomic E-state index is -0.191. The first-order valence-electron chi connectivity index (χ1n) is 7.14. The topological polar surface area (TPSA) is 79.2 Å². The molecule has 0 unspecified atom stereocenters. The summed E-state index contributed by atoms with van der Waals surface area (Å²) in [4.78, 5) is 12.6. The van der Waals surface area contributed by atoms with Crippen molar-refractivity contribution in [1.82, 2.24) is 16.2 Å². The lowest BCUT2D eigenvalue weighted by molar-refractivity contribution is -0.144. The number of amides is 1. The Kier molecular flexibility index (Phi) is 3.58. The number of thiocarbonyl (C=S) groups is 2. The summed E-state index contributed by atoms with van der Waals surface area (Å²) in [5, 5.41) is 3.12. The fourth-order valence-corrected chi connectivity index (χ4v) is 4.97. The average molecular weight is 312 g/mol. The van der Waals surface area contributed by atoms with Crippen LogP contribution in [0.2, 0.25) is 0 Å². The van der Waals surface area contributed by atoms with Gasteiger partial charge in [-0.15, -0.1) is 0 Å². The number of hydrogen-bond donors (Lipinski definition) is 4. The quantitative estimate of drug-likeness (QED) is 0.426. The Morgan fingerprint density at radius 2 is 1.50 bits per heavy atom. The molecule has 0 aromatic rings. The summed E-state index contributed by atoms with van der Waals surface area (Å²) in [6.45, 7) is 0. The second kappa shape index (κ2) is 5.11. The van der Waals surface area contributed by atoms with Crippen molar-refractivity contribution in [2.75, 3.05) is 0 Å². The van der Waals surface area contributed by atoms with Gasteiger partial charge >= 0.3 is 0 Å². The van der Waals surface area contributed by atoms with Gasteiger partial charge in [-0.05, 0) is 80.7 Å². The molecule has 5 nitrogen and oxygen atoms in total. The Morgan fingerprint density at radius 1 is 1.00 bits per heavy atom. The molecule has 4 bridgehead atoms. The molecule has 4 aliphatic carbocycles. The summed E-state index contributed by atoms with van der Waals surface area (Å²) in [5.74, 6) is 2.29. The van der Waals surface area contributed by atoms with Crippen LogP contribution in [0.4, 0.5) is 0 Å². The molecule has 0 aromatic heterocycles. The van der Waals surface area contributed by atoms with Gasteiger partial charge in [-0.2, -0.15) is 0 Å². The Balaban J connectivity index is 1.62. The molecule has 5 N–H and O–H groups in total. The maximum atomic E-state index is 12.6. The summed E-state index contributed by atoms with van der Waals surface area (Å²) < 4.78 is 0. The zero-order chi connectivity index (χ0) is 14.3. The highest BCUT2D eigenvalue weighted by molar-refractivity contribution is 7.80. The Bertz CT molecular complexity index is 430. The smallest absolute Gasteiger partial charge is 0.232 e. The molecule has 0 spiro atoms. The van der Waals surface area contributed by atoms with E-state index in [-0.39, 0.29) is 21.5 Å². The molecule has 7 heteroatoms. The van der Waals surface area contributed by atoms with Crippen molar-refractivity contribution in [2.45, 2.75) is 38.5 Å². The number of nitrogens with one attached hydrogen (secondary N) is 3. The summed E-state index contributed by atoms with van der Waals surface area (Å²) in [5.41, 5.74) is 10.3. The SMILES string of the molecule is NC(=S)NNC(=S)NC(=O)C12CC3CC(CC(C3)C1)C2. The molecular weight excluding hydrogens is 292 g/mol. The predicted molar refractivity (Wildman–Crippen MR) is 84.4 cm³/mol. The lowest BCUT2D eigenvalue weighted by atomic mass is 9.49. The molecule has 4 saturated carbocycles. The number of rotatable bonds is 1. The van der Waals surface area contributed by atoms with Crippen LogP contribution in [0.15, 0.2) is 0 Å². The molecule has 110 valence electrons. The summed E-state index contributed by atoms with van der Waals surface area (Å²) in [6.07, 6.45) is 7.03. The maximum absolute atomic E-state index is 12.6. The van der Waals surface area contributed by atoms with Crippen molar-refractivity contribution in [3.63, 3.8) is 0 Å². The van der Waals surface area contributed by atoms with E-state index in [0.29, 0.717) is 0 Å². The number of nitrogens with two attached hydrogens (primary N) is 1. The van der Waals surface area contributed by atoms with Crippen LogP contribution in [0, 0.1) is 23.2 Å². The maximum Gasteiger partial charge on any atom is 0.232 e. The van der Waals surface area contributed by atoms with Crippen LogP contribution < -0.4 is 21.9 Å². The van der Waals surface area contributed by atoms with Crippen LogP contribution in [0.3, 0.4) is 0 Å². The van der Waals surface area contributed by atoms with E-state index in [0.717, 1.165) is 37.0 Å². The first kappa shape index (κ1) is 14.0. The molecule has 0 atom stereocenters. The molecule has 4 fully saturated rings. The molecule has 1 amide bonds. The highest BCUT2D eigenvalue weighted by atomic mass is 32.1. The van der Waals surface area contributed by atoms with Crippen LogP contribution in [0.1, 0.15) is 38.5 Å². The Morgan fingerprint density at radius 3 is 1.95 bits per heavy atom. The summed E-state index contributed by atoms with van der Waals surface area (Å²) >= 11 is 9.76. The Hall–Kier alpha value is -0.950. The third kappa shape index (κ3) is 2.61. The number of carbonyl (C=O) groups excluding carboxylic acids is 1. The largest absolute Gasteiger partial charge is 0.375 e. The van der Waals surface area contributed by atoms with Gasteiger partial charge in [0.2, 0.25) is 5.91 Å². The van der Waals surface area contributed by atoms with Gasteiger partial charge in [0.25, 0.3) is 0 Å². The van der Waals surface area contributed by atoms with Crippen LogP contribution in [0.25, 0.3) is 0 Å². The van der Waals surface area contributed by atoms with Gasteiger partial charge in [-0.3, -0.25) is 15.6 Å². The zero-order valence-corrected chi connectivity index (χ0v) is 12.9. The monoisotopic (exact) mass is 312 g/mol. The van der Waals surface area contributed by atoms with Crippen LogP contribution >= 0.6 is 24.4 Å². The van der Waals surface area contributed by atoms with Gasteiger partial charge in [-0.1, -0.05) is 0 Å². The van der Waals surface area contributed by atoms with Crippen LogP contribution in [-0.4, -0.2) is 16.1 Å². The van der Waals surface area contributed by atoms with Crippen molar-refractivity contribution < 1.29 is 4.79 Å². The van der Waals surface area contributed by atoms with Crippen molar-refractivity contribution in [3.05, 3.63) is 0 Å². The number of carbonyl (C=O) groups is 1. The third-order valence-corrected chi connectivity index (χ3v) is 5.35. The van der Waals surface area contributed by atoms with E-state index in [1.54, 1.807) is 0 Å². The summed E-state index contributed by atoms with van der Waals surface area (Å²) in [6, 6.07) is 0. The molecule has 0 aliphatic heterocycles. The Labute approximate surface area is 129 Å². The fraction of sp³-hybridized carbons (Fsp3) is 0.769. The third-order valence-electron chi connectivity index (χ3n) is 5.05. The van der Waals surface area contributed by atoms with Crippen LogP contribution in [0.5, 0.6) is 0 Å². The fourth-order valence-electron chi connectivity index (χ4n) is 4.77. The van der Waals surface area contributed by atoms with E-state index in [9.17, 15) is 4.79 Å². The van der Waals surface area contributed by atoms with Gasteiger partial charge in [0.05, 0.1) is 5.41 Å². The van der Waals surface area contributed by atoms with E-state index in [2.05, 4.69) is 28.4 Å². The molecule has 0 saturated heterocycles. The lowest BCUT2D eigenvalue weighted by Gasteiger charge is -2.55. The standard InChI is InChI=1S/C13H20N4OS2/c14-11(19)16-17-12(20)15-10(18)13-4-7-1-8(5-13)3-9(2-7)6-13/h7-9H,1-6H2,(H3,14,16,19)(H2,15,17,18,20). The van der Waals surface area contributed by atoms with Crippen molar-refractivity contribution in [1.29, 1.82) is 0 Å². The molecule has 4 aliphatic rings. The highest BCUT2D eigenvalue weighted by Gasteiger charge is 2.54. The number of hydrogen-bond acceptors (Lipinski definition) is 3. The van der Waals surface area contributed by atoms with Crippen molar-refractivity contribution in [2.24, 2.45) is 28.9 Å². The summed E-state index contributed by atoms with van der Waals surface area (Å²) in [7, 11) is 0. The van der Waals surface area contributed by atoms with E-state index < -0.39 is 0 Å². The first-order valence-corrected chi connectivity index (χ1v) is 7.95. The van der Waals surface area contributed by atoms with Gasteiger partial charge in [-0.25, -0.2) is 0 Å². The van der Waals surface area contributed by atoms with Crippen molar-refractivity contribution in [3.8, 4) is 0 Å². The minimum absolute atomic E-state index is 0.0684. The number of hydrazine groups is 1. The molecular formula is C13H20N4OS2. The molecule has 0 aromatic carbocycles. The second-order valence-corrected chi connectivity index (χ2v) is 7.44. The van der Waals surface area contributed by atoms with Crippen LogP contribution in [-0.2, 0) is 4.79 Å². The lowest BCUT2D eigenvalue weighted by Crippen LogP contribution is -2.57. The molecule has 20 heavy (non-hydrogen) atoms. The van der Waals surface area contributed by atoms with Gasteiger partial charge in [0.1, 0.15) is 0 Å². The minimum Gasteiger partial charge on any atom is -0.375 e. The molecule has 4 rings (SSSR count). The highest BCUT2D eigenvalue weighted by Crippen LogP contribution is 2.60. The van der Waals surface area contributed by atoms with Gasteiger partial charge < -0.3 is 11.1 Å². The van der Waals surface area contributed by atoms with E-state index in [1.807, 2.05) is 0 Å². The molecule has 0 heterocycles. The van der Waals surface area contributed by atoms with E-state index >= 15 is 0 Å². The second-order valence-electron chi connectivity index (χ2n) is 6.60. The first-order chi connectivity index (χ1) is 9.47. The van der Waals surface area contributed by atoms with Gasteiger partial charge in [0.15, 0.2) is 10.2 Å². The zero-order valence-electron chi connectivity index (χ0n) is 11.3. The van der Waals surface area contributed by atoms with E-state index in [1.165, 1.54) is 19.3 Å². The van der Waals surface area contributed by atoms with Gasteiger partial charge in [0, 0.05) is 0 Å². The molecule has 0 radical (unpaired) electrons.